The van der Waals surface area contributed by atoms with Crippen LogP contribution in [0.4, 0.5) is 32.3 Å². The summed E-state index contributed by atoms with van der Waals surface area (Å²) in [4.78, 5) is 57.3. The predicted octanol–water partition coefficient (Wildman–Crippen LogP) is 17.8. The van der Waals surface area contributed by atoms with Crippen LogP contribution in [0.2, 0.25) is 15.1 Å². The number of thiazole rings is 3. The van der Waals surface area contributed by atoms with Gasteiger partial charge in [-0.25, -0.2) is 70.5 Å². The lowest BCUT2D eigenvalue weighted by molar-refractivity contribution is -0.0244. The van der Waals surface area contributed by atoms with Gasteiger partial charge in [0.25, 0.3) is 21.9 Å². The van der Waals surface area contributed by atoms with Crippen LogP contribution in [-0.4, -0.2) is 156 Å². The number of rotatable bonds is 24. The van der Waals surface area contributed by atoms with E-state index in [1.165, 1.54) is 52.2 Å². The molecular formula is C85H78Cl3F2N17O9S5. The minimum absolute atomic E-state index is 0.000250. The second kappa shape index (κ2) is 38.8. The number of nitrogens with one attached hydrogen (secondary N) is 7. The van der Waals surface area contributed by atoms with E-state index in [9.17, 15) is 30.4 Å². The van der Waals surface area contributed by atoms with Gasteiger partial charge in [-0.2, -0.15) is 0 Å². The summed E-state index contributed by atoms with van der Waals surface area (Å²) in [5, 5.41) is 22.9. The molecule has 3 aliphatic rings. The van der Waals surface area contributed by atoms with Gasteiger partial charge in [-0.1, -0.05) is 138 Å². The molecule has 8 aromatic carbocycles. The third kappa shape index (κ3) is 21.3. The number of amides is 1. The summed E-state index contributed by atoms with van der Waals surface area (Å²) >= 11 is 22.8. The van der Waals surface area contributed by atoms with Crippen molar-refractivity contribution < 1.29 is 49.4 Å². The fraction of sp³-hybridized carbons (Fsp3) is 0.224. The summed E-state index contributed by atoms with van der Waals surface area (Å²) in [6, 6.07) is 52.4. The summed E-state index contributed by atoms with van der Waals surface area (Å²) in [6.07, 6.45) is 6.87. The molecule has 3 atom stereocenters. The van der Waals surface area contributed by atoms with E-state index in [0.29, 0.717) is 139 Å². The molecule has 0 bridgehead atoms. The number of piperidine rings is 2. The molecule has 121 heavy (non-hydrogen) atoms. The van der Waals surface area contributed by atoms with Crippen molar-refractivity contribution in [1.82, 2.24) is 65.7 Å². The number of alkyl halides is 2. The number of sulfone groups is 1. The SMILES string of the molecule is Cc1ccc(C(=O)N(C)Cc2ccccc2Cl)cc1Oc1ncsc1-c1ccnc(N[C@H]2CCCNC2)n1.O=S(=O)(Cc1cccc2c(Oc3ncsc3-c3ccnc(N[C@@H]4CNCC(F)(F)C4)n3)cccc12)c1ccccc1Cl.O=S(=O)(Nc1cccc2c(Oc3ncsc3-c3ccnc(NC4CNCCOC4)n3)cccc12)c1ccccc1Cl. The summed E-state index contributed by atoms with van der Waals surface area (Å²) < 4.78 is 107. The zero-order valence-corrected chi connectivity index (χ0v) is 71.1. The van der Waals surface area contributed by atoms with Crippen LogP contribution in [-0.2, 0) is 36.9 Å². The third-order valence-electron chi connectivity index (χ3n) is 19.5. The Hall–Kier alpha value is -11.1. The lowest BCUT2D eigenvalue weighted by Gasteiger charge is -2.30. The Bertz CT molecular complexity index is 6270. The largest absolute Gasteiger partial charge is 0.437 e. The Morgan fingerprint density at radius 2 is 1.05 bits per heavy atom. The van der Waals surface area contributed by atoms with Crippen LogP contribution in [0.3, 0.4) is 0 Å². The monoisotopic (exact) mass is 1780 g/mol. The Kier molecular flexibility index (Phi) is 27.2. The van der Waals surface area contributed by atoms with E-state index in [4.69, 9.17) is 63.7 Å². The van der Waals surface area contributed by atoms with E-state index >= 15 is 0 Å². The maximum atomic E-state index is 13.8. The molecule has 26 nitrogen and oxygen atoms in total. The van der Waals surface area contributed by atoms with Gasteiger partial charge < -0.3 is 55.7 Å². The van der Waals surface area contributed by atoms with Crippen molar-refractivity contribution >= 4 is 140 Å². The number of aromatic nitrogens is 9. The quantitative estimate of drug-likeness (QED) is 0.0295. The molecule has 36 heteroatoms. The van der Waals surface area contributed by atoms with Crippen LogP contribution in [0.25, 0.3) is 53.3 Å². The Labute approximate surface area is 722 Å². The lowest BCUT2D eigenvalue weighted by atomic mass is 10.0. The van der Waals surface area contributed by atoms with Crippen LogP contribution >= 0.6 is 68.8 Å². The number of nitrogens with zero attached hydrogens (tertiary/aromatic N) is 10. The Morgan fingerprint density at radius 1 is 0.545 bits per heavy atom. The molecule has 0 radical (unpaired) electrons. The van der Waals surface area contributed by atoms with Crippen LogP contribution in [0.15, 0.2) is 227 Å². The van der Waals surface area contributed by atoms with Crippen molar-refractivity contribution in [3.8, 4) is 66.6 Å². The lowest BCUT2D eigenvalue weighted by Crippen LogP contribution is -2.49. The summed E-state index contributed by atoms with van der Waals surface area (Å²) in [5.74, 6) is 0.824. The van der Waals surface area contributed by atoms with Gasteiger partial charge in [0.2, 0.25) is 35.5 Å². The van der Waals surface area contributed by atoms with Gasteiger partial charge in [-0.05, 0) is 127 Å². The molecular weight excluding hydrogens is 1710 g/mol. The molecule has 3 saturated heterocycles. The first kappa shape index (κ1) is 84.9. The van der Waals surface area contributed by atoms with E-state index in [-0.39, 0.29) is 56.5 Å². The summed E-state index contributed by atoms with van der Waals surface area (Å²) in [7, 11) is -5.88. The van der Waals surface area contributed by atoms with Gasteiger partial charge >= 0.3 is 0 Å². The first-order chi connectivity index (χ1) is 58.6. The number of aryl methyl sites for hydroxylation is 1. The van der Waals surface area contributed by atoms with Crippen LogP contribution < -0.4 is 50.8 Å². The van der Waals surface area contributed by atoms with Gasteiger partial charge in [-0.15, -0.1) is 34.0 Å². The number of benzene rings is 8. The Balaban J connectivity index is 0.000000141. The number of fused-ring (bicyclic) bond motifs is 2. The summed E-state index contributed by atoms with van der Waals surface area (Å²) in [6.45, 7) is 7.10. The van der Waals surface area contributed by atoms with Gasteiger partial charge in [0, 0.05) is 104 Å². The normalized spacial score (nSPS) is 15.9. The molecule has 0 aliphatic carbocycles. The molecule has 6 aromatic heterocycles. The van der Waals surface area contributed by atoms with Crippen molar-refractivity contribution in [3.05, 3.63) is 254 Å². The molecule has 9 heterocycles. The third-order valence-corrected chi connectivity index (χ3v) is 26.4. The molecule has 0 spiro atoms. The van der Waals surface area contributed by atoms with Gasteiger partial charge in [0.15, 0.2) is 9.84 Å². The van der Waals surface area contributed by atoms with E-state index in [1.807, 2.05) is 73.7 Å². The number of halogens is 5. The Morgan fingerprint density at radius 3 is 1.64 bits per heavy atom. The van der Waals surface area contributed by atoms with Crippen molar-refractivity contribution in [2.24, 2.45) is 0 Å². The molecule has 7 N–H and O–H groups in total. The highest BCUT2D eigenvalue weighted by molar-refractivity contribution is 7.93. The first-order valence-electron chi connectivity index (χ1n) is 38.2. The average molecular weight is 1790 g/mol. The van der Waals surface area contributed by atoms with Gasteiger partial charge in [0.1, 0.15) is 36.8 Å². The molecule has 3 fully saturated rings. The second-order valence-electron chi connectivity index (χ2n) is 28.3. The molecule has 3 aliphatic heterocycles. The van der Waals surface area contributed by atoms with Crippen molar-refractivity contribution in [3.63, 3.8) is 0 Å². The van der Waals surface area contributed by atoms with Crippen LogP contribution in [0.5, 0.6) is 34.9 Å². The van der Waals surface area contributed by atoms with Gasteiger partial charge in [-0.3, -0.25) is 9.52 Å². The number of hydrogen-bond donors (Lipinski definition) is 7. The maximum Gasteiger partial charge on any atom is 0.263 e. The smallest absolute Gasteiger partial charge is 0.263 e. The predicted molar refractivity (Wildman–Crippen MR) is 471 cm³/mol. The van der Waals surface area contributed by atoms with Crippen LogP contribution in [0, 0.1) is 6.92 Å². The van der Waals surface area contributed by atoms with Crippen molar-refractivity contribution in [2.75, 3.05) is 80.2 Å². The number of carbonyl (C=O) groups excluding carboxylic acids is 1. The summed E-state index contributed by atoms with van der Waals surface area (Å²) in [5.41, 5.74) is 10.3. The minimum atomic E-state index is -3.92. The highest BCUT2D eigenvalue weighted by atomic mass is 35.5. The number of sulfonamides is 1. The molecule has 622 valence electrons. The second-order valence-corrected chi connectivity index (χ2v) is 35.7. The van der Waals surface area contributed by atoms with E-state index < -0.39 is 31.8 Å². The molecule has 14 aromatic rings. The van der Waals surface area contributed by atoms with E-state index in [2.05, 4.69) is 71.5 Å². The molecule has 1 amide bonds. The van der Waals surface area contributed by atoms with E-state index in [0.717, 1.165) is 65.6 Å². The standard InChI is InChI=1S/C29H24ClF2N5O3S2.C28H25ClN6O4S2.C28H29ClN6O2S/c30-22-8-1-2-10-25(22)42(38,39)15-18-5-3-7-21-20(18)6-4-9-24(21)40-27-26(41-17-35-27)23-11-12-34-28(37-23)36-19-13-29(31,32)16-33-14-19;29-21-7-1-2-10-25(21)41(36,37)35-22-8-3-6-20-19(22)5-4-9-24(20)39-27-26(40-17-32-27)23-11-12-31-28(34-23)33-18-15-30-13-14-38-16-18;1-18-9-10-19(27(36)35(2)16-20-6-3-4-8-22(20)29)14-24(18)37-26-25(38-17-32-26)23-11-13-31-28(34-23)33-21-7-5-12-30-15-21/h1-12,17,19,33H,13-16H2,(H,34,36,37);1-12,17-18,30,35H,13-16H2,(H,31,33,34);3-4,6,8-11,13-14,17,21,30H,5,7,12,15-16H2,1-2H3,(H,31,33,34)/t19-;;21-/m0.0/s1. The average Bonchev–Trinajstić information content (AvgIpc) is 1.72. The first-order valence-corrected chi connectivity index (χ1v) is 45.1. The molecule has 17 rings (SSSR count). The minimum Gasteiger partial charge on any atom is -0.437 e. The molecule has 0 saturated carbocycles. The van der Waals surface area contributed by atoms with Gasteiger partial charge in [0.05, 0.1) is 85.8 Å². The number of ether oxygens (including phenoxy) is 4. The van der Waals surface area contributed by atoms with Crippen molar-refractivity contribution in [2.45, 2.75) is 72.3 Å². The van der Waals surface area contributed by atoms with Crippen LogP contribution in [0.1, 0.15) is 46.3 Å². The number of carbonyl (C=O) groups is 1. The maximum absolute atomic E-state index is 13.8. The van der Waals surface area contributed by atoms with E-state index in [1.54, 1.807) is 144 Å². The topological polar surface area (TPSA) is 326 Å². The zero-order valence-electron chi connectivity index (χ0n) is 64.8. The highest BCUT2D eigenvalue weighted by Gasteiger charge is 2.37. The zero-order chi connectivity index (χ0) is 84.0. The fourth-order valence-corrected chi connectivity index (χ4v) is 19.5. The fourth-order valence-electron chi connectivity index (χ4n) is 13.6. The number of hydrogen-bond acceptors (Lipinski definition) is 27. The van der Waals surface area contributed by atoms with Crippen molar-refractivity contribution in [1.29, 1.82) is 0 Å². The molecule has 1 unspecified atom stereocenters. The number of anilines is 4. The highest BCUT2D eigenvalue weighted by Crippen LogP contribution is 2.43.